The van der Waals surface area contributed by atoms with Crippen molar-refractivity contribution in [2.75, 3.05) is 32.9 Å². The molecule has 2 heterocycles. The highest BCUT2D eigenvalue weighted by molar-refractivity contribution is 5.90. The lowest BCUT2D eigenvalue weighted by Gasteiger charge is -2.27. The van der Waals surface area contributed by atoms with Crippen LogP contribution in [0.5, 0.6) is 0 Å². The van der Waals surface area contributed by atoms with Crippen LogP contribution in [-0.2, 0) is 20.8 Å². The first kappa shape index (κ1) is 14.6. The maximum Gasteiger partial charge on any atom is 0.355 e. The van der Waals surface area contributed by atoms with Crippen LogP contribution in [0.1, 0.15) is 23.0 Å². The van der Waals surface area contributed by atoms with Gasteiger partial charge in [0.15, 0.2) is 0 Å². The Labute approximate surface area is 118 Å². The van der Waals surface area contributed by atoms with Gasteiger partial charge in [-0.1, -0.05) is 0 Å². The molecule has 0 saturated carbocycles. The highest BCUT2D eigenvalue weighted by Gasteiger charge is 2.21. The van der Waals surface area contributed by atoms with E-state index >= 15 is 0 Å². The average molecular weight is 280 g/mol. The van der Waals surface area contributed by atoms with E-state index in [9.17, 15) is 9.59 Å². The molecule has 2 rings (SSSR count). The molecule has 6 nitrogen and oxygen atoms in total. The zero-order valence-corrected chi connectivity index (χ0v) is 11.9. The molecule has 0 radical (unpaired) electrons. The van der Waals surface area contributed by atoms with E-state index in [0.29, 0.717) is 38.6 Å². The number of aromatic nitrogens is 1. The van der Waals surface area contributed by atoms with Crippen molar-refractivity contribution in [3.05, 3.63) is 23.5 Å². The molecule has 6 heteroatoms. The van der Waals surface area contributed by atoms with Gasteiger partial charge in [0.1, 0.15) is 12.2 Å². The van der Waals surface area contributed by atoms with E-state index in [2.05, 4.69) is 0 Å². The van der Waals surface area contributed by atoms with E-state index in [-0.39, 0.29) is 18.4 Å². The zero-order valence-electron chi connectivity index (χ0n) is 11.9. The Morgan fingerprint density at radius 3 is 2.70 bits per heavy atom. The number of esters is 1. The monoisotopic (exact) mass is 280 g/mol. The minimum absolute atomic E-state index is 0.00514. The number of carbonyl (C=O) groups excluding carboxylic acids is 2. The summed E-state index contributed by atoms with van der Waals surface area (Å²) in [5, 5.41) is 0. The van der Waals surface area contributed by atoms with E-state index in [1.54, 1.807) is 22.6 Å². The topological polar surface area (TPSA) is 60.8 Å². The molecule has 0 spiro atoms. The van der Waals surface area contributed by atoms with Crippen molar-refractivity contribution in [1.82, 2.24) is 9.47 Å². The molecule has 1 aromatic heterocycles. The van der Waals surface area contributed by atoms with Crippen molar-refractivity contribution in [1.29, 1.82) is 0 Å². The average Bonchev–Trinajstić information content (AvgIpc) is 2.81. The molecule has 1 aromatic rings. The maximum absolute atomic E-state index is 12.2. The van der Waals surface area contributed by atoms with E-state index < -0.39 is 0 Å². The smallest absolute Gasteiger partial charge is 0.355 e. The van der Waals surface area contributed by atoms with E-state index in [1.807, 2.05) is 13.0 Å². The minimum atomic E-state index is -0.384. The Morgan fingerprint density at radius 1 is 1.35 bits per heavy atom. The van der Waals surface area contributed by atoms with Gasteiger partial charge in [-0.15, -0.1) is 0 Å². The molecular formula is C14H20N2O4. The Morgan fingerprint density at radius 2 is 2.05 bits per heavy atom. The van der Waals surface area contributed by atoms with Crippen LogP contribution in [0.15, 0.2) is 12.3 Å². The Hall–Kier alpha value is -1.82. The van der Waals surface area contributed by atoms with Gasteiger partial charge in [-0.3, -0.25) is 4.79 Å². The summed E-state index contributed by atoms with van der Waals surface area (Å²) in [6, 6.07) is 1.82. The summed E-state index contributed by atoms with van der Waals surface area (Å²) in [5.41, 5.74) is 1.27. The van der Waals surface area contributed by atoms with E-state index in [1.165, 1.54) is 0 Å². The van der Waals surface area contributed by atoms with Gasteiger partial charge in [0.25, 0.3) is 0 Å². The Kier molecular flexibility index (Phi) is 4.79. The first-order valence-corrected chi connectivity index (χ1v) is 6.82. The van der Waals surface area contributed by atoms with Crippen LogP contribution in [0, 0.1) is 6.92 Å². The van der Waals surface area contributed by atoms with Gasteiger partial charge in [-0.05, 0) is 25.5 Å². The fourth-order valence-corrected chi connectivity index (χ4v) is 2.25. The number of ether oxygens (including phenoxy) is 2. The predicted molar refractivity (Wildman–Crippen MR) is 72.5 cm³/mol. The number of morpholine rings is 1. The van der Waals surface area contributed by atoms with Gasteiger partial charge in [-0.2, -0.15) is 0 Å². The van der Waals surface area contributed by atoms with Crippen LogP contribution in [0.4, 0.5) is 0 Å². The second-order valence-corrected chi connectivity index (χ2v) is 4.69. The van der Waals surface area contributed by atoms with Crippen molar-refractivity contribution in [3.8, 4) is 0 Å². The van der Waals surface area contributed by atoms with E-state index in [4.69, 9.17) is 9.47 Å². The Bertz CT molecular complexity index is 489. The third-order valence-electron chi connectivity index (χ3n) is 3.30. The summed E-state index contributed by atoms with van der Waals surface area (Å²) < 4.78 is 11.9. The first-order chi connectivity index (χ1) is 9.63. The summed E-state index contributed by atoms with van der Waals surface area (Å²) >= 11 is 0. The number of carbonyl (C=O) groups is 2. The molecule has 0 atom stereocenters. The van der Waals surface area contributed by atoms with Crippen molar-refractivity contribution in [2.24, 2.45) is 0 Å². The standard InChI is InChI=1S/C14H20N2O4/c1-3-20-14(18)13-11(2)4-5-16(13)10-12(17)15-6-8-19-9-7-15/h4-5H,3,6-10H2,1-2H3. The van der Waals surface area contributed by atoms with Crippen LogP contribution >= 0.6 is 0 Å². The number of nitrogens with zero attached hydrogens (tertiary/aromatic N) is 2. The highest BCUT2D eigenvalue weighted by Crippen LogP contribution is 2.12. The largest absolute Gasteiger partial charge is 0.461 e. The quantitative estimate of drug-likeness (QED) is 0.767. The summed E-state index contributed by atoms with van der Waals surface area (Å²) in [5.74, 6) is -0.390. The number of hydrogen-bond acceptors (Lipinski definition) is 4. The molecule has 1 aliphatic rings. The third-order valence-corrected chi connectivity index (χ3v) is 3.30. The third kappa shape index (κ3) is 3.19. The van der Waals surface area contributed by atoms with Gasteiger partial charge >= 0.3 is 5.97 Å². The lowest BCUT2D eigenvalue weighted by atomic mass is 10.2. The Balaban J connectivity index is 2.09. The van der Waals surface area contributed by atoms with Gasteiger partial charge in [0.05, 0.1) is 19.8 Å². The zero-order chi connectivity index (χ0) is 14.5. The van der Waals surface area contributed by atoms with Crippen LogP contribution in [0.3, 0.4) is 0 Å². The molecule has 110 valence electrons. The summed E-state index contributed by atoms with van der Waals surface area (Å²) in [6.45, 7) is 6.42. The number of rotatable bonds is 4. The van der Waals surface area contributed by atoms with Crippen molar-refractivity contribution in [2.45, 2.75) is 20.4 Å². The van der Waals surface area contributed by atoms with Crippen LogP contribution in [-0.4, -0.2) is 54.3 Å². The number of aryl methyl sites for hydroxylation is 1. The predicted octanol–water partition coefficient (Wildman–Crippen LogP) is 0.832. The molecule has 0 bridgehead atoms. The van der Waals surface area contributed by atoms with Gasteiger partial charge < -0.3 is 18.9 Å². The van der Waals surface area contributed by atoms with Crippen molar-refractivity contribution >= 4 is 11.9 Å². The van der Waals surface area contributed by atoms with Crippen molar-refractivity contribution < 1.29 is 19.1 Å². The molecule has 20 heavy (non-hydrogen) atoms. The van der Waals surface area contributed by atoms with Crippen LogP contribution < -0.4 is 0 Å². The molecule has 0 N–H and O–H groups in total. The lowest BCUT2D eigenvalue weighted by molar-refractivity contribution is -0.135. The fraction of sp³-hybridized carbons (Fsp3) is 0.571. The molecule has 1 fully saturated rings. The molecule has 1 amide bonds. The molecule has 1 aliphatic heterocycles. The normalized spacial score (nSPS) is 15.2. The van der Waals surface area contributed by atoms with Crippen LogP contribution in [0.2, 0.25) is 0 Å². The summed E-state index contributed by atoms with van der Waals surface area (Å²) in [6.07, 6.45) is 1.75. The van der Waals surface area contributed by atoms with E-state index in [0.717, 1.165) is 5.56 Å². The molecule has 0 unspecified atom stereocenters. The second-order valence-electron chi connectivity index (χ2n) is 4.69. The van der Waals surface area contributed by atoms with Gasteiger partial charge in [0, 0.05) is 19.3 Å². The molecule has 0 aliphatic carbocycles. The minimum Gasteiger partial charge on any atom is -0.461 e. The van der Waals surface area contributed by atoms with Crippen molar-refractivity contribution in [3.63, 3.8) is 0 Å². The summed E-state index contributed by atoms with van der Waals surface area (Å²) in [7, 11) is 0. The van der Waals surface area contributed by atoms with Gasteiger partial charge in [-0.25, -0.2) is 4.79 Å². The molecule has 1 saturated heterocycles. The maximum atomic E-state index is 12.2. The summed E-state index contributed by atoms with van der Waals surface area (Å²) in [4.78, 5) is 25.9. The SMILES string of the molecule is CCOC(=O)c1c(C)ccn1CC(=O)N1CCOCC1. The highest BCUT2D eigenvalue weighted by atomic mass is 16.5. The number of hydrogen-bond donors (Lipinski definition) is 0. The van der Waals surface area contributed by atoms with Gasteiger partial charge in [0.2, 0.25) is 5.91 Å². The number of amides is 1. The second kappa shape index (κ2) is 6.56. The lowest BCUT2D eigenvalue weighted by Crippen LogP contribution is -2.42. The van der Waals surface area contributed by atoms with Crippen LogP contribution in [0.25, 0.3) is 0 Å². The molecular weight excluding hydrogens is 260 g/mol. The fourth-order valence-electron chi connectivity index (χ4n) is 2.25. The first-order valence-electron chi connectivity index (χ1n) is 6.82. The molecule has 0 aromatic carbocycles.